The minimum absolute atomic E-state index is 0.588. The monoisotopic (exact) mass is 517 g/mol. The van der Waals surface area contributed by atoms with Crippen LogP contribution in [-0.4, -0.2) is 9.55 Å². The fourth-order valence-corrected chi connectivity index (χ4v) is 5.99. The maximum Gasteiger partial charge on any atom is 0.111 e. The van der Waals surface area contributed by atoms with Crippen molar-refractivity contribution in [1.82, 2.24) is 9.55 Å². The minimum Gasteiger partial charge on any atom is -0.332 e. The molecule has 0 amide bonds. The van der Waals surface area contributed by atoms with Gasteiger partial charge in [0.1, 0.15) is 5.82 Å². The molecule has 0 aliphatic carbocycles. The molecule has 37 heavy (non-hydrogen) atoms. The van der Waals surface area contributed by atoms with Gasteiger partial charge in [-0.15, -0.1) is 0 Å². The van der Waals surface area contributed by atoms with Crippen LogP contribution in [-0.2, 0) is 0 Å². The van der Waals surface area contributed by atoms with Gasteiger partial charge >= 0.3 is 0 Å². The van der Waals surface area contributed by atoms with Crippen molar-refractivity contribution in [3.8, 4) is 0 Å². The van der Waals surface area contributed by atoms with Gasteiger partial charge < -0.3 is 4.57 Å². The molecule has 0 aliphatic heterocycles. The van der Waals surface area contributed by atoms with Crippen molar-refractivity contribution in [2.75, 3.05) is 0 Å². The van der Waals surface area contributed by atoms with Gasteiger partial charge in [-0.2, -0.15) is 0 Å². The van der Waals surface area contributed by atoms with Gasteiger partial charge in [0.05, 0.1) is 0 Å². The molecule has 0 saturated heterocycles. The number of imidazole rings is 1. The second-order valence-electron chi connectivity index (χ2n) is 12.2. The van der Waals surface area contributed by atoms with Crippen molar-refractivity contribution in [3.63, 3.8) is 0 Å². The molecule has 0 saturated carbocycles. The Morgan fingerprint density at radius 2 is 0.892 bits per heavy atom. The summed E-state index contributed by atoms with van der Waals surface area (Å²) in [5.41, 5.74) is 0. The summed E-state index contributed by atoms with van der Waals surface area (Å²) in [4.78, 5) is 4.94. The van der Waals surface area contributed by atoms with Crippen LogP contribution in [0.15, 0.2) is 12.4 Å². The fraction of sp³-hybridized carbons (Fsp3) is 0.914. The molecule has 1 aromatic rings. The average molecular weight is 517 g/mol. The summed E-state index contributed by atoms with van der Waals surface area (Å²) in [5, 5.41) is 0. The molecule has 0 spiro atoms. The Labute approximate surface area is 234 Å². The first-order valence-corrected chi connectivity index (χ1v) is 17.3. The summed E-state index contributed by atoms with van der Waals surface area (Å²) < 4.78 is 2.54. The molecule has 0 N–H and O–H groups in total. The lowest BCUT2D eigenvalue weighted by molar-refractivity contribution is 0.417. The van der Waals surface area contributed by atoms with Crippen molar-refractivity contribution in [2.24, 2.45) is 0 Å². The van der Waals surface area contributed by atoms with Gasteiger partial charge in [-0.25, -0.2) is 4.98 Å². The molecular weight excluding hydrogens is 448 g/mol. The van der Waals surface area contributed by atoms with Crippen LogP contribution in [0.2, 0.25) is 0 Å². The average Bonchev–Trinajstić information content (AvgIpc) is 3.40. The van der Waals surface area contributed by atoms with E-state index < -0.39 is 0 Å². The van der Waals surface area contributed by atoms with E-state index in [9.17, 15) is 0 Å². The topological polar surface area (TPSA) is 17.8 Å². The van der Waals surface area contributed by atoms with Gasteiger partial charge in [0.15, 0.2) is 0 Å². The third-order valence-electron chi connectivity index (χ3n) is 8.58. The van der Waals surface area contributed by atoms with Crippen LogP contribution < -0.4 is 0 Å². The Hall–Kier alpha value is -0.790. The smallest absolute Gasteiger partial charge is 0.111 e. The fourth-order valence-electron chi connectivity index (χ4n) is 5.99. The number of rotatable bonds is 28. The van der Waals surface area contributed by atoms with Gasteiger partial charge in [-0.1, -0.05) is 168 Å². The molecule has 218 valence electrons. The molecule has 2 nitrogen and oxygen atoms in total. The van der Waals surface area contributed by atoms with Gasteiger partial charge in [-0.3, -0.25) is 0 Å². The standard InChI is InChI=1S/C35H68N2/c1-5-8-11-13-15-17-18-19-20-21-23-25-27-30-34(29-26-24-22-16-14-12-9-6-2)35-36-31-32-37(35)33(4)28-10-7-3/h31-34H,5-30H2,1-4H3. The Morgan fingerprint density at radius 3 is 1.30 bits per heavy atom. The van der Waals surface area contributed by atoms with Crippen molar-refractivity contribution < 1.29 is 0 Å². The zero-order valence-corrected chi connectivity index (χ0v) is 26.1. The first-order valence-electron chi connectivity index (χ1n) is 17.3. The Balaban J connectivity index is 2.33. The molecule has 2 atom stereocenters. The summed E-state index contributed by atoms with van der Waals surface area (Å²) in [5.74, 6) is 2.05. The predicted molar refractivity (Wildman–Crippen MR) is 167 cm³/mol. The molecule has 1 aromatic heterocycles. The quantitative estimate of drug-likeness (QED) is 0.101. The Kier molecular flexibility index (Phi) is 23.6. The van der Waals surface area contributed by atoms with Crippen molar-refractivity contribution in [3.05, 3.63) is 18.2 Å². The van der Waals surface area contributed by atoms with Crippen LogP contribution in [0, 0.1) is 0 Å². The molecule has 0 bridgehead atoms. The molecular formula is C35H68N2. The highest BCUT2D eigenvalue weighted by Crippen LogP contribution is 2.30. The van der Waals surface area contributed by atoms with Gasteiger partial charge in [0.25, 0.3) is 0 Å². The maximum absolute atomic E-state index is 4.94. The van der Waals surface area contributed by atoms with Gasteiger partial charge in [0, 0.05) is 24.4 Å². The molecule has 0 aliphatic rings. The number of aromatic nitrogens is 2. The summed E-state index contributed by atoms with van der Waals surface area (Å²) in [7, 11) is 0. The zero-order chi connectivity index (χ0) is 26.8. The highest BCUT2D eigenvalue weighted by molar-refractivity contribution is 5.02. The maximum atomic E-state index is 4.94. The zero-order valence-electron chi connectivity index (χ0n) is 26.1. The van der Waals surface area contributed by atoms with Gasteiger partial charge in [0.2, 0.25) is 0 Å². The van der Waals surface area contributed by atoms with E-state index >= 15 is 0 Å². The molecule has 2 unspecified atom stereocenters. The Morgan fingerprint density at radius 1 is 0.514 bits per heavy atom. The lowest BCUT2D eigenvalue weighted by Crippen LogP contribution is -2.13. The minimum atomic E-state index is 0.588. The summed E-state index contributed by atoms with van der Waals surface area (Å²) in [6, 6.07) is 0.588. The van der Waals surface area contributed by atoms with Crippen molar-refractivity contribution >= 4 is 0 Å². The van der Waals surface area contributed by atoms with E-state index in [2.05, 4.69) is 44.7 Å². The third kappa shape index (κ3) is 18.2. The highest BCUT2D eigenvalue weighted by atomic mass is 15.1. The molecule has 0 aromatic carbocycles. The number of nitrogens with zero attached hydrogens (tertiary/aromatic N) is 2. The molecule has 2 heteroatoms. The van der Waals surface area contributed by atoms with E-state index in [1.807, 2.05) is 0 Å². The lowest BCUT2D eigenvalue weighted by Gasteiger charge is -2.22. The first-order chi connectivity index (χ1) is 18.2. The van der Waals surface area contributed by atoms with E-state index in [4.69, 9.17) is 4.98 Å². The second kappa shape index (κ2) is 25.5. The highest BCUT2D eigenvalue weighted by Gasteiger charge is 2.19. The molecule has 1 heterocycles. The van der Waals surface area contributed by atoms with Crippen LogP contribution in [0.4, 0.5) is 0 Å². The van der Waals surface area contributed by atoms with Crippen molar-refractivity contribution in [1.29, 1.82) is 0 Å². The summed E-state index contributed by atoms with van der Waals surface area (Å²) >= 11 is 0. The van der Waals surface area contributed by atoms with Crippen LogP contribution in [0.1, 0.15) is 212 Å². The molecule has 1 rings (SSSR count). The largest absolute Gasteiger partial charge is 0.332 e. The van der Waals surface area contributed by atoms with Crippen LogP contribution in [0.5, 0.6) is 0 Å². The molecule has 0 fully saturated rings. The van der Waals surface area contributed by atoms with Crippen LogP contribution in [0.25, 0.3) is 0 Å². The normalized spacial score (nSPS) is 13.3. The van der Waals surface area contributed by atoms with E-state index in [1.165, 1.54) is 173 Å². The van der Waals surface area contributed by atoms with E-state index in [0.717, 1.165) is 0 Å². The molecule has 0 radical (unpaired) electrons. The Bertz CT molecular complexity index is 578. The van der Waals surface area contributed by atoms with Crippen molar-refractivity contribution in [2.45, 2.75) is 207 Å². The summed E-state index contributed by atoms with van der Waals surface area (Å²) in [6.07, 6.45) is 40.9. The lowest BCUT2D eigenvalue weighted by atomic mass is 9.92. The van der Waals surface area contributed by atoms with Crippen LogP contribution in [0.3, 0.4) is 0 Å². The third-order valence-corrected chi connectivity index (χ3v) is 8.58. The van der Waals surface area contributed by atoms with E-state index in [1.54, 1.807) is 0 Å². The second-order valence-corrected chi connectivity index (χ2v) is 12.2. The number of unbranched alkanes of at least 4 members (excludes halogenated alkanes) is 20. The number of hydrogen-bond acceptors (Lipinski definition) is 1. The van der Waals surface area contributed by atoms with Crippen LogP contribution >= 0.6 is 0 Å². The van der Waals surface area contributed by atoms with E-state index in [0.29, 0.717) is 12.0 Å². The number of hydrogen-bond donors (Lipinski definition) is 0. The summed E-state index contributed by atoms with van der Waals surface area (Å²) in [6.45, 7) is 9.33. The van der Waals surface area contributed by atoms with Gasteiger partial charge in [-0.05, 0) is 26.2 Å². The predicted octanol–water partition coefficient (Wildman–Crippen LogP) is 12.7. The van der Waals surface area contributed by atoms with E-state index in [-0.39, 0.29) is 0 Å². The SMILES string of the molecule is CCCCCCCCCCCCCCCC(CCCCCCCCCC)c1nccn1C(C)CCCC. The first kappa shape index (κ1) is 34.2.